The van der Waals surface area contributed by atoms with Crippen molar-refractivity contribution in [2.75, 3.05) is 6.54 Å². The van der Waals surface area contributed by atoms with E-state index in [4.69, 9.17) is 0 Å². The SMILES string of the molecule is CCCC1CCCCN1C(=O)c1cccc(-c2cc(C)cc(-n3ncc(C(=O)O)c3[C@@H]3C[C@H]3c3cn(C)nn3)c2)c1. The summed E-state index contributed by atoms with van der Waals surface area (Å²) in [6.45, 7) is 5.01. The van der Waals surface area contributed by atoms with Crippen LogP contribution >= 0.6 is 0 Å². The number of carboxylic acids is 1. The van der Waals surface area contributed by atoms with E-state index in [1.807, 2.05) is 56.6 Å². The molecular weight excluding hydrogens is 516 g/mol. The van der Waals surface area contributed by atoms with Crippen LogP contribution in [0.15, 0.2) is 54.9 Å². The van der Waals surface area contributed by atoms with Crippen LogP contribution in [0.3, 0.4) is 0 Å². The fourth-order valence-corrected chi connectivity index (χ4v) is 6.40. The first-order valence-corrected chi connectivity index (χ1v) is 14.5. The van der Waals surface area contributed by atoms with Gasteiger partial charge in [0.1, 0.15) is 5.56 Å². The third-order valence-electron chi connectivity index (χ3n) is 8.44. The predicted octanol–water partition coefficient (Wildman–Crippen LogP) is 5.74. The number of aryl methyl sites for hydroxylation is 2. The van der Waals surface area contributed by atoms with E-state index in [1.165, 1.54) is 12.6 Å². The number of aromatic carboxylic acids is 1. The minimum absolute atomic E-state index is 0.00850. The molecule has 0 radical (unpaired) electrons. The van der Waals surface area contributed by atoms with Gasteiger partial charge in [0.2, 0.25) is 0 Å². The molecule has 2 aromatic heterocycles. The van der Waals surface area contributed by atoms with Crippen LogP contribution < -0.4 is 0 Å². The fourth-order valence-electron chi connectivity index (χ4n) is 6.40. The molecule has 212 valence electrons. The number of benzene rings is 2. The molecule has 2 aliphatic rings. The Kier molecular flexibility index (Phi) is 7.19. The van der Waals surface area contributed by atoms with Crippen LogP contribution in [-0.2, 0) is 7.05 Å². The molecule has 4 aromatic rings. The third-order valence-corrected chi connectivity index (χ3v) is 8.44. The molecule has 1 N–H and O–H groups in total. The second-order valence-electron chi connectivity index (χ2n) is 11.5. The molecule has 0 spiro atoms. The van der Waals surface area contributed by atoms with Gasteiger partial charge in [0.25, 0.3) is 5.91 Å². The Balaban J connectivity index is 1.34. The van der Waals surface area contributed by atoms with Crippen LogP contribution in [0.2, 0.25) is 0 Å². The zero-order valence-corrected chi connectivity index (χ0v) is 23.8. The van der Waals surface area contributed by atoms with E-state index in [0.717, 1.165) is 66.7 Å². The van der Waals surface area contributed by atoms with Gasteiger partial charge in [-0.1, -0.05) is 36.8 Å². The first kappa shape index (κ1) is 26.9. The molecule has 9 nitrogen and oxygen atoms in total. The van der Waals surface area contributed by atoms with Crippen molar-refractivity contribution in [1.29, 1.82) is 0 Å². The lowest BCUT2D eigenvalue weighted by atomic mass is 9.96. The van der Waals surface area contributed by atoms with Gasteiger partial charge >= 0.3 is 5.97 Å². The highest BCUT2D eigenvalue weighted by Crippen LogP contribution is 2.55. The molecular formula is C32H36N6O3. The largest absolute Gasteiger partial charge is 0.478 e. The summed E-state index contributed by atoms with van der Waals surface area (Å²) < 4.78 is 3.43. The third kappa shape index (κ3) is 5.28. The van der Waals surface area contributed by atoms with Crippen LogP contribution in [0.5, 0.6) is 0 Å². The normalized spacial score (nSPS) is 20.3. The molecule has 6 rings (SSSR count). The Labute approximate surface area is 239 Å². The molecule has 3 heterocycles. The van der Waals surface area contributed by atoms with E-state index in [2.05, 4.69) is 33.3 Å². The maximum atomic E-state index is 13.6. The van der Waals surface area contributed by atoms with Crippen LogP contribution in [0.25, 0.3) is 16.8 Å². The molecule has 1 aliphatic heterocycles. The number of carbonyl (C=O) groups is 2. The highest BCUT2D eigenvalue weighted by Gasteiger charge is 2.46. The summed E-state index contributed by atoms with van der Waals surface area (Å²) in [7, 11) is 1.83. The summed E-state index contributed by atoms with van der Waals surface area (Å²) >= 11 is 0. The fraction of sp³-hybridized carbons (Fsp3) is 0.406. The number of aromatic nitrogens is 5. The van der Waals surface area contributed by atoms with Gasteiger partial charge in [-0.25, -0.2) is 9.48 Å². The molecule has 2 fully saturated rings. The smallest absolute Gasteiger partial charge is 0.339 e. The van der Waals surface area contributed by atoms with Crippen molar-refractivity contribution < 1.29 is 14.7 Å². The van der Waals surface area contributed by atoms with Crippen molar-refractivity contribution >= 4 is 11.9 Å². The van der Waals surface area contributed by atoms with E-state index < -0.39 is 5.97 Å². The van der Waals surface area contributed by atoms with Gasteiger partial charge in [0.15, 0.2) is 0 Å². The average molecular weight is 553 g/mol. The maximum Gasteiger partial charge on any atom is 0.339 e. The van der Waals surface area contributed by atoms with Gasteiger partial charge in [0, 0.05) is 43.2 Å². The predicted molar refractivity (Wildman–Crippen MR) is 155 cm³/mol. The van der Waals surface area contributed by atoms with E-state index >= 15 is 0 Å². The molecule has 2 aromatic carbocycles. The molecule has 41 heavy (non-hydrogen) atoms. The van der Waals surface area contributed by atoms with Gasteiger partial charge in [0.05, 0.1) is 23.3 Å². The van der Waals surface area contributed by atoms with Crippen LogP contribution in [0.4, 0.5) is 0 Å². The van der Waals surface area contributed by atoms with Crippen molar-refractivity contribution in [3.05, 3.63) is 82.9 Å². The quantitative estimate of drug-likeness (QED) is 0.299. The number of hydrogen-bond acceptors (Lipinski definition) is 5. The molecule has 9 heteroatoms. The van der Waals surface area contributed by atoms with Crippen molar-refractivity contribution in [3.63, 3.8) is 0 Å². The zero-order valence-electron chi connectivity index (χ0n) is 23.8. The molecule has 0 bridgehead atoms. The van der Waals surface area contributed by atoms with Gasteiger partial charge in [-0.2, -0.15) is 5.10 Å². The second-order valence-corrected chi connectivity index (χ2v) is 11.5. The van der Waals surface area contributed by atoms with Gasteiger partial charge in [-0.3, -0.25) is 9.48 Å². The minimum atomic E-state index is -0.991. The summed E-state index contributed by atoms with van der Waals surface area (Å²) in [6.07, 6.45) is 9.54. The lowest BCUT2D eigenvalue weighted by Gasteiger charge is -2.36. The van der Waals surface area contributed by atoms with Gasteiger partial charge < -0.3 is 10.0 Å². The molecule has 3 atom stereocenters. The molecule has 1 unspecified atom stereocenters. The average Bonchev–Trinajstić information content (AvgIpc) is 3.41. The van der Waals surface area contributed by atoms with Gasteiger partial charge in [-0.15, -0.1) is 5.10 Å². The highest BCUT2D eigenvalue weighted by molar-refractivity contribution is 5.96. The standard InChI is InChI=1S/C32H36N6O3/c1-4-8-24-11-5-6-12-37(24)31(39)22-10-7-9-21(15-22)23-13-20(2)14-25(16-23)38-30(28(18-33-38)32(40)41)27-17-26(27)29-19-36(3)35-34-29/h7,9-10,13-16,18-19,24,26-27H,4-6,8,11-12,17H2,1-3H3,(H,40,41)/t24?,26-,27-/m1/s1. The molecule has 1 saturated carbocycles. The molecule has 1 saturated heterocycles. The Morgan fingerprint density at radius 1 is 1.07 bits per heavy atom. The summed E-state index contributed by atoms with van der Waals surface area (Å²) in [5, 5.41) is 22.8. The summed E-state index contributed by atoms with van der Waals surface area (Å²) in [5.74, 6) is -0.794. The summed E-state index contributed by atoms with van der Waals surface area (Å²) in [6, 6.07) is 14.3. The summed E-state index contributed by atoms with van der Waals surface area (Å²) in [5.41, 5.74) is 6.17. The Morgan fingerprint density at radius 2 is 1.93 bits per heavy atom. The van der Waals surface area contributed by atoms with Crippen LogP contribution in [0, 0.1) is 6.92 Å². The van der Waals surface area contributed by atoms with Crippen molar-refractivity contribution in [2.24, 2.45) is 7.05 Å². The van der Waals surface area contributed by atoms with Crippen molar-refractivity contribution in [1.82, 2.24) is 29.7 Å². The minimum Gasteiger partial charge on any atom is -0.478 e. The van der Waals surface area contributed by atoms with Crippen molar-refractivity contribution in [3.8, 4) is 16.8 Å². The van der Waals surface area contributed by atoms with E-state index in [-0.39, 0.29) is 23.3 Å². The monoisotopic (exact) mass is 552 g/mol. The lowest BCUT2D eigenvalue weighted by Crippen LogP contribution is -2.43. The number of carbonyl (C=O) groups excluding carboxylic acids is 1. The Bertz CT molecular complexity index is 1600. The van der Waals surface area contributed by atoms with Crippen LogP contribution in [0.1, 0.15) is 95.0 Å². The maximum absolute atomic E-state index is 13.6. The number of likely N-dealkylation sites (tertiary alicyclic amines) is 1. The number of carboxylic acid groups (broad SMARTS) is 1. The number of hydrogen-bond donors (Lipinski definition) is 1. The highest BCUT2D eigenvalue weighted by atomic mass is 16.4. The van der Waals surface area contributed by atoms with Crippen LogP contribution in [-0.4, -0.2) is 59.2 Å². The Hall–Kier alpha value is -4.27. The number of nitrogens with zero attached hydrogens (tertiary/aromatic N) is 6. The summed E-state index contributed by atoms with van der Waals surface area (Å²) in [4.78, 5) is 27.9. The first-order chi connectivity index (χ1) is 19.8. The molecule has 1 aliphatic carbocycles. The topological polar surface area (TPSA) is 106 Å². The lowest BCUT2D eigenvalue weighted by molar-refractivity contribution is 0.0600. The number of rotatable bonds is 8. The van der Waals surface area contributed by atoms with E-state index in [9.17, 15) is 14.7 Å². The second kappa shape index (κ2) is 11.0. The van der Waals surface area contributed by atoms with Gasteiger partial charge in [-0.05, 0) is 80.0 Å². The van der Waals surface area contributed by atoms with E-state index in [0.29, 0.717) is 17.3 Å². The number of piperidine rings is 1. The Morgan fingerprint density at radius 3 is 2.68 bits per heavy atom. The van der Waals surface area contributed by atoms with Crippen molar-refractivity contribution in [2.45, 2.75) is 70.3 Å². The number of amides is 1. The van der Waals surface area contributed by atoms with E-state index in [1.54, 1.807) is 9.36 Å². The first-order valence-electron chi connectivity index (χ1n) is 14.5. The molecule has 1 amide bonds. The zero-order chi connectivity index (χ0) is 28.7.